The van der Waals surface area contributed by atoms with E-state index < -0.39 is 0 Å². The van der Waals surface area contributed by atoms with Crippen molar-refractivity contribution in [3.63, 3.8) is 0 Å². The molecule has 5 heteroatoms. The van der Waals surface area contributed by atoms with E-state index in [0.717, 1.165) is 31.3 Å². The monoisotopic (exact) mass is 263 g/mol. The molecular weight excluding hydrogens is 238 g/mol. The van der Waals surface area contributed by atoms with Crippen molar-refractivity contribution in [1.29, 1.82) is 0 Å². The van der Waals surface area contributed by atoms with Gasteiger partial charge in [-0.3, -0.25) is 4.99 Å². The van der Waals surface area contributed by atoms with Crippen LogP contribution >= 0.6 is 23.5 Å². The molecule has 0 fully saturated rings. The van der Waals surface area contributed by atoms with Gasteiger partial charge in [0.25, 0.3) is 0 Å². The lowest BCUT2D eigenvalue weighted by molar-refractivity contribution is 0.786. The van der Waals surface area contributed by atoms with Crippen molar-refractivity contribution in [3.05, 3.63) is 0 Å². The highest BCUT2D eigenvalue weighted by atomic mass is 32.2. The Morgan fingerprint density at radius 1 is 1.06 bits per heavy atom. The number of aliphatic imine (C=N–C) groups is 1. The van der Waals surface area contributed by atoms with Crippen molar-refractivity contribution in [2.75, 3.05) is 43.7 Å². The van der Waals surface area contributed by atoms with Gasteiger partial charge in [0.2, 0.25) is 0 Å². The Balaban J connectivity index is 3.66. The second-order valence-electron chi connectivity index (χ2n) is 3.38. The number of nitrogens with zero attached hydrogens (tertiary/aromatic N) is 1. The minimum absolute atomic E-state index is 0.926. The minimum atomic E-state index is 0.926. The van der Waals surface area contributed by atoms with Crippen LogP contribution in [0.25, 0.3) is 0 Å². The molecule has 0 radical (unpaired) electrons. The summed E-state index contributed by atoms with van der Waals surface area (Å²) >= 11 is 3.75. The maximum absolute atomic E-state index is 4.53. The van der Waals surface area contributed by atoms with Gasteiger partial charge < -0.3 is 10.6 Å². The third-order valence-corrected chi connectivity index (χ3v) is 3.28. The fourth-order valence-electron chi connectivity index (χ4n) is 1.16. The van der Waals surface area contributed by atoms with Crippen molar-refractivity contribution >= 4 is 29.5 Å². The fraction of sp³-hybridized carbons (Fsp3) is 0.909. The molecule has 0 aromatic rings. The Hall–Kier alpha value is -0.0300. The van der Waals surface area contributed by atoms with Crippen molar-refractivity contribution in [3.8, 4) is 0 Å². The van der Waals surface area contributed by atoms with Crippen LogP contribution < -0.4 is 10.6 Å². The van der Waals surface area contributed by atoms with Gasteiger partial charge >= 0.3 is 0 Å². The molecule has 0 aromatic carbocycles. The number of hydrogen-bond donors (Lipinski definition) is 2. The molecular formula is C11H25N3S2. The Kier molecular flexibility index (Phi) is 13.0. The molecule has 96 valence electrons. The predicted molar refractivity (Wildman–Crippen MR) is 80.0 cm³/mol. The standard InChI is InChI=1S/C11H25N3S2/c1-4-12-11(14-8-10-16-3)13-7-5-6-9-15-2/h4-10H2,1-3H3,(H2,12,13,14). The van der Waals surface area contributed by atoms with E-state index >= 15 is 0 Å². The molecule has 0 atom stereocenters. The second kappa shape index (κ2) is 13.0. The van der Waals surface area contributed by atoms with Crippen molar-refractivity contribution in [2.24, 2.45) is 4.99 Å². The molecule has 2 N–H and O–H groups in total. The van der Waals surface area contributed by atoms with Crippen LogP contribution in [0.3, 0.4) is 0 Å². The predicted octanol–water partition coefficient (Wildman–Crippen LogP) is 2.05. The molecule has 0 aliphatic heterocycles. The summed E-state index contributed by atoms with van der Waals surface area (Å²) in [5.74, 6) is 3.32. The summed E-state index contributed by atoms with van der Waals surface area (Å²) in [6, 6.07) is 0. The molecule has 0 aromatic heterocycles. The molecule has 0 unspecified atom stereocenters. The number of nitrogens with one attached hydrogen (secondary N) is 2. The average molecular weight is 263 g/mol. The molecule has 0 rings (SSSR count). The molecule has 0 bridgehead atoms. The van der Waals surface area contributed by atoms with Crippen LogP contribution in [-0.2, 0) is 0 Å². The molecule has 0 saturated carbocycles. The second-order valence-corrected chi connectivity index (χ2v) is 5.35. The number of guanidine groups is 1. The van der Waals surface area contributed by atoms with Gasteiger partial charge in [-0.25, -0.2) is 0 Å². The molecule has 0 aliphatic carbocycles. The summed E-state index contributed by atoms with van der Waals surface area (Å²) in [7, 11) is 0. The third kappa shape index (κ3) is 10.5. The normalized spacial score (nSPS) is 11.6. The molecule has 0 amide bonds. The molecule has 16 heavy (non-hydrogen) atoms. The summed E-state index contributed by atoms with van der Waals surface area (Å²) in [4.78, 5) is 4.53. The lowest BCUT2D eigenvalue weighted by Gasteiger charge is -2.10. The SMILES string of the molecule is CCNC(=NCCCCSC)NCCSC. The molecule has 0 saturated heterocycles. The van der Waals surface area contributed by atoms with E-state index in [2.05, 4.69) is 35.1 Å². The Morgan fingerprint density at radius 3 is 2.44 bits per heavy atom. The zero-order chi connectivity index (χ0) is 12.1. The van der Waals surface area contributed by atoms with Crippen LogP contribution in [0, 0.1) is 0 Å². The van der Waals surface area contributed by atoms with Gasteiger partial charge in [0, 0.05) is 25.4 Å². The maximum atomic E-state index is 4.53. The van der Waals surface area contributed by atoms with E-state index in [0.29, 0.717) is 0 Å². The van der Waals surface area contributed by atoms with Crippen LogP contribution in [0.4, 0.5) is 0 Å². The Labute approximate surface area is 109 Å². The highest BCUT2D eigenvalue weighted by Crippen LogP contribution is 1.98. The van der Waals surface area contributed by atoms with E-state index in [4.69, 9.17) is 0 Å². The van der Waals surface area contributed by atoms with E-state index in [9.17, 15) is 0 Å². The number of rotatable bonds is 9. The third-order valence-electron chi connectivity index (χ3n) is 1.97. The van der Waals surface area contributed by atoms with Crippen molar-refractivity contribution < 1.29 is 0 Å². The quantitative estimate of drug-likeness (QED) is 0.379. The van der Waals surface area contributed by atoms with Crippen LogP contribution in [0.5, 0.6) is 0 Å². The van der Waals surface area contributed by atoms with Gasteiger partial charge in [-0.2, -0.15) is 23.5 Å². The fourth-order valence-corrected chi connectivity index (χ4v) is 1.96. The van der Waals surface area contributed by atoms with Gasteiger partial charge in [0.05, 0.1) is 0 Å². The highest BCUT2D eigenvalue weighted by Gasteiger charge is 1.95. The van der Waals surface area contributed by atoms with E-state index in [1.165, 1.54) is 18.6 Å². The Bertz CT molecular complexity index is 175. The Morgan fingerprint density at radius 2 is 1.81 bits per heavy atom. The molecule has 3 nitrogen and oxygen atoms in total. The smallest absolute Gasteiger partial charge is 0.191 e. The number of unbranched alkanes of at least 4 members (excludes halogenated alkanes) is 1. The lowest BCUT2D eigenvalue weighted by Crippen LogP contribution is -2.38. The van der Waals surface area contributed by atoms with Gasteiger partial charge in [0.15, 0.2) is 5.96 Å². The van der Waals surface area contributed by atoms with Crippen molar-refractivity contribution in [1.82, 2.24) is 10.6 Å². The van der Waals surface area contributed by atoms with Crippen LogP contribution in [-0.4, -0.2) is 49.6 Å². The van der Waals surface area contributed by atoms with Crippen LogP contribution in [0.1, 0.15) is 19.8 Å². The highest BCUT2D eigenvalue weighted by molar-refractivity contribution is 7.98. The summed E-state index contributed by atoms with van der Waals surface area (Å²) < 4.78 is 0. The summed E-state index contributed by atoms with van der Waals surface area (Å²) in [5.41, 5.74) is 0. The first kappa shape index (κ1) is 16.0. The zero-order valence-corrected chi connectivity index (χ0v) is 12.3. The minimum Gasteiger partial charge on any atom is -0.357 e. The van der Waals surface area contributed by atoms with Gasteiger partial charge in [-0.15, -0.1) is 0 Å². The summed E-state index contributed by atoms with van der Waals surface area (Å²) in [6.07, 6.45) is 6.71. The number of hydrogen-bond acceptors (Lipinski definition) is 3. The first-order chi connectivity index (χ1) is 7.85. The molecule has 0 aliphatic rings. The van der Waals surface area contributed by atoms with Crippen LogP contribution in [0.15, 0.2) is 4.99 Å². The largest absolute Gasteiger partial charge is 0.357 e. The van der Waals surface area contributed by atoms with E-state index in [1.807, 2.05) is 23.5 Å². The average Bonchev–Trinajstić information content (AvgIpc) is 2.29. The van der Waals surface area contributed by atoms with Gasteiger partial charge in [-0.1, -0.05) is 0 Å². The topological polar surface area (TPSA) is 36.4 Å². The first-order valence-corrected chi connectivity index (χ1v) is 8.64. The first-order valence-electron chi connectivity index (χ1n) is 5.85. The van der Waals surface area contributed by atoms with Gasteiger partial charge in [0.1, 0.15) is 0 Å². The van der Waals surface area contributed by atoms with E-state index in [-0.39, 0.29) is 0 Å². The number of thioether (sulfide) groups is 2. The van der Waals surface area contributed by atoms with E-state index in [1.54, 1.807) is 0 Å². The van der Waals surface area contributed by atoms with Crippen LogP contribution in [0.2, 0.25) is 0 Å². The lowest BCUT2D eigenvalue weighted by atomic mass is 10.3. The molecule has 0 heterocycles. The molecule has 0 spiro atoms. The van der Waals surface area contributed by atoms with Gasteiger partial charge in [-0.05, 0) is 38.0 Å². The summed E-state index contributed by atoms with van der Waals surface area (Å²) in [5, 5.41) is 6.58. The zero-order valence-electron chi connectivity index (χ0n) is 10.7. The maximum Gasteiger partial charge on any atom is 0.191 e. The van der Waals surface area contributed by atoms with Crippen molar-refractivity contribution in [2.45, 2.75) is 19.8 Å². The summed E-state index contributed by atoms with van der Waals surface area (Å²) in [6.45, 7) is 4.93.